The monoisotopic (exact) mass is 450 g/mol. The highest BCUT2D eigenvalue weighted by atomic mass is 32.1. The number of rotatable bonds is 6. The number of carbonyl (C=O) groups is 2. The van der Waals surface area contributed by atoms with Gasteiger partial charge in [-0.2, -0.15) is 11.3 Å². The first-order chi connectivity index (χ1) is 15.5. The number of thiophene rings is 1. The van der Waals surface area contributed by atoms with Crippen LogP contribution in [-0.2, 0) is 22.6 Å². The molecule has 4 rings (SSSR count). The summed E-state index contributed by atoms with van der Waals surface area (Å²) in [7, 11) is 0. The molecule has 0 saturated carbocycles. The van der Waals surface area contributed by atoms with E-state index < -0.39 is 16.7 Å². The number of para-hydroxylation sites is 2. The Balaban J connectivity index is 1.43. The first-order valence-electron chi connectivity index (χ1n) is 10.2. The topological polar surface area (TPSA) is 105 Å². The summed E-state index contributed by atoms with van der Waals surface area (Å²) in [4.78, 5) is 37.7. The van der Waals surface area contributed by atoms with Gasteiger partial charge in [0.1, 0.15) is 5.69 Å². The highest BCUT2D eigenvalue weighted by Crippen LogP contribution is 2.29. The highest BCUT2D eigenvalue weighted by molar-refractivity contribution is 7.08. The quantitative estimate of drug-likeness (QED) is 0.340. The van der Waals surface area contributed by atoms with Crippen LogP contribution in [0.5, 0.6) is 0 Å². The molecule has 164 valence electrons. The Morgan fingerprint density at radius 2 is 1.81 bits per heavy atom. The van der Waals surface area contributed by atoms with Gasteiger partial charge in [-0.3, -0.25) is 24.6 Å². The maximum atomic E-state index is 12.5. The van der Waals surface area contributed by atoms with Gasteiger partial charge in [-0.15, -0.1) is 0 Å². The van der Waals surface area contributed by atoms with Gasteiger partial charge in [0, 0.05) is 25.7 Å². The lowest BCUT2D eigenvalue weighted by Gasteiger charge is -2.35. The molecule has 1 aliphatic heterocycles. The summed E-state index contributed by atoms with van der Waals surface area (Å²) in [6.45, 7) is 1.85. The standard InChI is InChI=1S/C23H22N4O4S/c28-22(23(29)25-19-7-3-4-8-20(19)27(30)31)24-13-21(18-10-12-32-15-18)26-11-9-16-5-1-2-6-17(16)14-26/h1-8,10,12,15,21H,9,11,13-14H2,(H,24,28)(H,25,29). The van der Waals surface area contributed by atoms with Crippen LogP contribution in [0.3, 0.4) is 0 Å². The Kier molecular flexibility index (Phi) is 6.58. The van der Waals surface area contributed by atoms with Crippen molar-refractivity contribution in [3.63, 3.8) is 0 Å². The van der Waals surface area contributed by atoms with Crippen molar-refractivity contribution in [1.29, 1.82) is 0 Å². The van der Waals surface area contributed by atoms with Crippen LogP contribution in [0.1, 0.15) is 22.7 Å². The van der Waals surface area contributed by atoms with E-state index in [-0.39, 0.29) is 24.0 Å². The predicted molar refractivity (Wildman–Crippen MR) is 122 cm³/mol. The first-order valence-corrected chi connectivity index (χ1v) is 11.1. The van der Waals surface area contributed by atoms with Gasteiger partial charge in [0.2, 0.25) is 0 Å². The number of anilines is 1. The van der Waals surface area contributed by atoms with Gasteiger partial charge in [-0.25, -0.2) is 0 Å². The van der Waals surface area contributed by atoms with Crippen LogP contribution in [0.4, 0.5) is 11.4 Å². The average Bonchev–Trinajstić information content (AvgIpc) is 3.33. The number of nitrogens with one attached hydrogen (secondary N) is 2. The molecule has 1 atom stereocenters. The highest BCUT2D eigenvalue weighted by Gasteiger charge is 2.27. The van der Waals surface area contributed by atoms with Gasteiger partial charge in [0.05, 0.1) is 11.0 Å². The lowest BCUT2D eigenvalue weighted by atomic mass is 9.97. The number of nitro benzene ring substituents is 1. The molecule has 0 radical (unpaired) electrons. The molecule has 0 spiro atoms. The van der Waals surface area contributed by atoms with E-state index in [1.807, 2.05) is 29.0 Å². The molecule has 2 aromatic carbocycles. The number of carbonyl (C=O) groups excluding carboxylic acids is 2. The van der Waals surface area contributed by atoms with Gasteiger partial charge >= 0.3 is 11.8 Å². The lowest BCUT2D eigenvalue weighted by molar-refractivity contribution is -0.383. The van der Waals surface area contributed by atoms with Crippen molar-refractivity contribution in [3.05, 3.63) is 92.2 Å². The van der Waals surface area contributed by atoms with Crippen molar-refractivity contribution in [2.45, 2.75) is 19.0 Å². The number of hydrogen-bond donors (Lipinski definition) is 2. The average molecular weight is 451 g/mol. The zero-order valence-electron chi connectivity index (χ0n) is 17.2. The molecule has 0 aliphatic carbocycles. The molecule has 2 heterocycles. The molecule has 2 N–H and O–H groups in total. The third kappa shape index (κ3) is 4.84. The van der Waals surface area contributed by atoms with Gasteiger partial charge < -0.3 is 10.6 Å². The van der Waals surface area contributed by atoms with Crippen molar-refractivity contribution in [2.75, 3.05) is 18.4 Å². The van der Waals surface area contributed by atoms with Crippen molar-refractivity contribution in [3.8, 4) is 0 Å². The summed E-state index contributed by atoms with van der Waals surface area (Å²) in [5.41, 5.74) is 3.39. The van der Waals surface area contributed by atoms with Crippen molar-refractivity contribution >= 4 is 34.5 Å². The van der Waals surface area contributed by atoms with Crippen molar-refractivity contribution < 1.29 is 14.5 Å². The number of amides is 2. The second kappa shape index (κ2) is 9.71. The van der Waals surface area contributed by atoms with Gasteiger partial charge in [0.25, 0.3) is 5.69 Å². The van der Waals surface area contributed by atoms with Crippen LogP contribution < -0.4 is 10.6 Å². The second-order valence-electron chi connectivity index (χ2n) is 7.50. The summed E-state index contributed by atoms with van der Waals surface area (Å²) in [5, 5.41) is 20.2. The van der Waals surface area contributed by atoms with Crippen LogP contribution in [0, 0.1) is 10.1 Å². The van der Waals surface area contributed by atoms with E-state index in [4.69, 9.17) is 0 Å². The third-order valence-electron chi connectivity index (χ3n) is 5.54. The zero-order valence-corrected chi connectivity index (χ0v) is 18.0. The molecule has 32 heavy (non-hydrogen) atoms. The molecule has 1 aromatic heterocycles. The van der Waals surface area contributed by atoms with Crippen molar-refractivity contribution in [2.24, 2.45) is 0 Å². The molecular formula is C23H22N4O4S. The number of fused-ring (bicyclic) bond motifs is 1. The van der Waals surface area contributed by atoms with E-state index in [2.05, 4.69) is 27.7 Å². The normalized spacial score (nSPS) is 14.2. The smallest absolute Gasteiger partial charge is 0.313 e. The van der Waals surface area contributed by atoms with Crippen LogP contribution in [-0.4, -0.2) is 34.7 Å². The molecule has 8 nitrogen and oxygen atoms in total. The van der Waals surface area contributed by atoms with Crippen LogP contribution in [0.2, 0.25) is 0 Å². The van der Waals surface area contributed by atoms with E-state index >= 15 is 0 Å². The summed E-state index contributed by atoms with van der Waals surface area (Å²) in [5.74, 6) is -1.77. The molecule has 1 aliphatic rings. The molecule has 1 unspecified atom stereocenters. The minimum Gasteiger partial charge on any atom is -0.346 e. The number of nitro groups is 1. The number of hydrogen-bond acceptors (Lipinski definition) is 6. The van der Waals surface area contributed by atoms with Gasteiger partial charge in [0.15, 0.2) is 0 Å². The Morgan fingerprint density at radius 1 is 1.06 bits per heavy atom. The summed E-state index contributed by atoms with van der Waals surface area (Å²) in [6.07, 6.45) is 0.920. The Hall–Kier alpha value is -3.56. The zero-order chi connectivity index (χ0) is 22.5. The third-order valence-corrected chi connectivity index (χ3v) is 6.24. The molecular weight excluding hydrogens is 428 g/mol. The van der Waals surface area contributed by atoms with E-state index in [9.17, 15) is 19.7 Å². The Bertz CT molecular complexity index is 1130. The molecule has 0 saturated heterocycles. The molecule has 0 fully saturated rings. The SMILES string of the molecule is O=C(NCC(c1ccsc1)N1CCc2ccccc2C1)C(=O)Nc1ccccc1[N+](=O)[O-]. The number of nitrogens with zero attached hydrogens (tertiary/aromatic N) is 2. The van der Waals surface area contributed by atoms with Crippen LogP contribution in [0.25, 0.3) is 0 Å². The van der Waals surface area contributed by atoms with E-state index in [1.54, 1.807) is 17.4 Å². The molecule has 3 aromatic rings. The maximum Gasteiger partial charge on any atom is 0.313 e. The second-order valence-corrected chi connectivity index (χ2v) is 8.28. The maximum absolute atomic E-state index is 12.5. The minimum absolute atomic E-state index is 0.0142. The van der Waals surface area contributed by atoms with Gasteiger partial charge in [-0.1, -0.05) is 36.4 Å². The summed E-state index contributed by atoms with van der Waals surface area (Å²) in [6, 6.07) is 16.0. The van der Waals surface area contributed by atoms with Crippen molar-refractivity contribution in [1.82, 2.24) is 10.2 Å². The minimum atomic E-state index is -0.938. The fourth-order valence-electron chi connectivity index (χ4n) is 3.89. The summed E-state index contributed by atoms with van der Waals surface area (Å²) >= 11 is 1.58. The van der Waals surface area contributed by atoms with Gasteiger partial charge in [-0.05, 0) is 46.0 Å². The van der Waals surface area contributed by atoms with E-state index in [1.165, 1.54) is 29.3 Å². The fraction of sp³-hybridized carbons (Fsp3) is 0.217. The molecule has 2 amide bonds. The Morgan fingerprint density at radius 3 is 2.56 bits per heavy atom. The predicted octanol–water partition coefficient (Wildman–Crippen LogP) is 3.51. The lowest BCUT2D eigenvalue weighted by Crippen LogP contribution is -2.43. The largest absolute Gasteiger partial charge is 0.346 e. The summed E-state index contributed by atoms with van der Waals surface area (Å²) < 4.78 is 0. The molecule has 9 heteroatoms. The number of benzene rings is 2. The van der Waals surface area contributed by atoms with Crippen LogP contribution in [0.15, 0.2) is 65.4 Å². The first kappa shape index (κ1) is 21.7. The van der Waals surface area contributed by atoms with Crippen LogP contribution >= 0.6 is 11.3 Å². The molecule has 0 bridgehead atoms. The van der Waals surface area contributed by atoms with E-state index in [0.29, 0.717) is 0 Å². The Labute approximate surface area is 189 Å². The van der Waals surface area contributed by atoms with E-state index in [0.717, 1.165) is 25.1 Å². The fourth-order valence-corrected chi connectivity index (χ4v) is 4.60.